The molecule has 0 saturated carbocycles. The van der Waals surface area contributed by atoms with Crippen LogP contribution in [0.2, 0.25) is 5.02 Å². The maximum absolute atomic E-state index is 5.91. The molecule has 102 valence electrons. The molecule has 0 spiro atoms. The van der Waals surface area contributed by atoms with E-state index in [1.807, 2.05) is 42.5 Å². The van der Waals surface area contributed by atoms with E-state index in [4.69, 9.17) is 16.4 Å². The molecule has 0 amide bonds. The zero-order valence-electron chi connectivity index (χ0n) is 11.3. The molecule has 1 heterocycles. The van der Waals surface area contributed by atoms with Gasteiger partial charge in [-0.05, 0) is 36.3 Å². The van der Waals surface area contributed by atoms with Crippen LogP contribution in [0.5, 0.6) is 0 Å². The Hall–Kier alpha value is -1.77. The highest BCUT2D eigenvalue weighted by atomic mass is 35.5. The van der Waals surface area contributed by atoms with E-state index in [0.29, 0.717) is 0 Å². The molecule has 0 radical (unpaired) electrons. The fraction of sp³-hybridized carbons (Fsp3) is 0.176. The van der Waals surface area contributed by atoms with Crippen LogP contribution >= 0.6 is 11.6 Å². The second kappa shape index (κ2) is 5.31. The largest absolute Gasteiger partial charge is 0.266 e. The van der Waals surface area contributed by atoms with Gasteiger partial charge in [-0.15, -0.1) is 0 Å². The van der Waals surface area contributed by atoms with Crippen LogP contribution in [0.25, 0.3) is 5.70 Å². The fourth-order valence-corrected chi connectivity index (χ4v) is 2.52. The van der Waals surface area contributed by atoms with E-state index < -0.39 is 0 Å². The molecule has 1 aliphatic heterocycles. The lowest BCUT2D eigenvalue weighted by Crippen LogP contribution is -2.28. The molecule has 1 aliphatic rings. The van der Waals surface area contributed by atoms with Crippen LogP contribution in [0.1, 0.15) is 18.1 Å². The second-order valence-corrected chi connectivity index (χ2v) is 5.68. The van der Waals surface area contributed by atoms with Crippen LogP contribution in [0.3, 0.4) is 0 Å². The topological polar surface area (TPSA) is 21.3 Å². The molecule has 1 unspecified atom stereocenters. The standard InChI is InChI=1S/C17H16ClNO/c1-17(11-13-5-3-2-4-6-13)12-16(19-20-17)14-7-9-15(18)10-8-14/h2-10,12,19H,11H2,1H3. The molecular formula is C17H16ClNO. The predicted molar refractivity (Wildman–Crippen MR) is 82.2 cm³/mol. The summed E-state index contributed by atoms with van der Waals surface area (Å²) in [4.78, 5) is 5.77. The number of hydrogen-bond donors (Lipinski definition) is 1. The smallest absolute Gasteiger partial charge is 0.118 e. The first-order valence-electron chi connectivity index (χ1n) is 6.61. The van der Waals surface area contributed by atoms with Crippen LogP contribution < -0.4 is 5.48 Å². The van der Waals surface area contributed by atoms with Crippen molar-refractivity contribution in [1.29, 1.82) is 0 Å². The molecule has 0 saturated heterocycles. The SMILES string of the molecule is CC1(Cc2ccccc2)C=C(c2ccc(Cl)cc2)NO1. The normalized spacial score (nSPS) is 21.4. The van der Waals surface area contributed by atoms with Crippen molar-refractivity contribution in [3.05, 3.63) is 76.8 Å². The summed E-state index contributed by atoms with van der Waals surface area (Å²) >= 11 is 5.91. The van der Waals surface area contributed by atoms with Crippen LogP contribution in [0.4, 0.5) is 0 Å². The number of nitrogens with one attached hydrogen (secondary N) is 1. The van der Waals surface area contributed by atoms with Gasteiger partial charge in [0.2, 0.25) is 0 Å². The van der Waals surface area contributed by atoms with Gasteiger partial charge in [-0.1, -0.05) is 54.1 Å². The molecule has 3 rings (SSSR count). The van der Waals surface area contributed by atoms with Gasteiger partial charge in [-0.3, -0.25) is 10.3 Å². The predicted octanol–water partition coefficient (Wildman–Crippen LogP) is 4.22. The highest BCUT2D eigenvalue weighted by molar-refractivity contribution is 6.30. The first-order valence-corrected chi connectivity index (χ1v) is 6.99. The third-order valence-corrected chi connectivity index (χ3v) is 3.65. The van der Waals surface area contributed by atoms with Crippen molar-refractivity contribution in [3.8, 4) is 0 Å². The van der Waals surface area contributed by atoms with E-state index in [2.05, 4.69) is 30.6 Å². The van der Waals surface area contributed by atoms with Crippen LogP contribution in [0.15, 0.2) is 60.7 Å². The summed E-state index contributed by atoms with van der Waals surface area (Å²) in [6.45, 7) is 2.08. The molecule has 0 bridgehead atoms. The van der Waals surface area contributed by atoms with Crippen molar-refractivity contribution in [2.75, 3.05) is 0 Å². The van der Waals surface area contributed by atoms with E-state index in [-0.39, 0.29) is 5.60 Å². The number of benzene rings is 2. The number of rotatable bonds is 3. The fourth-order valence-electron chi connectivity index (χ4n) is 2.40. The lowest BCUT2D eigenvalue weighted by Gasteiger charge is -2.19. The number of hydroxylamine groups is 1. The Bertz CT molecular complexity index is 621. The Labute approximate surface area is 124 Å². The van der Waals surface area contributed by atoms with Crippen LogP contribution in [0, 0.1) is 0 Å². The van der Waals surface area contributed by atoms with Gasteiger partial charge < -0.3 is 0 Å². The van der Waals surface area contributed by atoms with Crippen LogP contribution in [-0.2, 0) is 11.3 Å². The number of halogens is 1. The Kier molecular flexibility index (Phi) is 3.51. The second-order valence-electron chi connectivity index (χ2n) is 5.24. The van der Waals surface area contributed by atoms with Crippen molar-refractivity contribution in [2.24, 2.45) is 0 Å². The molecule has 2 nitrogen and oxygen atoms in total. The molecule has 2 aromatic rings. The van der Waals surface area contributed by atoms with Gasteiger partial charge in [-0.2, -0.15) is 0 Å². The lowest BCUT2D eigenvalue weighted by molar-refractivity contribution is -0.0208. The average Bonchev–Trinajstić information content (AvgIpc) is 2.83. The molecule has 20 heavy (non-hydrogen) atoms. The minimum Gasteiger partial charge on any atom is -0.266 e. The van der Waals surface area contributed by atoms with Crippen molar-refractivity contribution in [1.82, 2.24) is 5.48 Å². The van der Waals surface area contributed by atoms with Crippen molar-refractivity contribution in [3.63, 3.8) is 0 Å². The minimum atomic E-state index is -0.337. The molecule has 1 N–H and O–H groups in total. The summed E-state index contributed by atoms with van der Waals surface area (Å²) in [5.74, 6) is 0. The van der Waals surface area contributed by atoms with Gasteiger partial charge in [0, 0.05) is 11.4 Å². The van der Waals surface area contributed by atoms with Gasteiger partial charge in [0.15, 0.2) is 0 Å². The molecule has 0 aromatic heterocycles. The summed E-state index contributed by atoms with van der Waals surface area (Å²) in [6, 6.07) is 18.1. The lowest BCUT2D eigenvalue weighted by atomic mass is 9.95. The van der Waals surface area contributed by atoms with Crippen LogP contribution in [-0.4, -0.2) is 5.60 Å². The van der Waals surface area contributed by atoms with E-state index in [9.17, 15) is 0 Å². The highest BCUT2D eigenvalue weighted by Gasteiger charge is 2.30. The third kappa shape index (κ3) is 2.87. The summed E-state index contributed by atoms with van der Waals surface area (Å²) in [7, 11) is 0. The highest BCUT2D eigenvalue weighted by Crippen LogP contribution is 2.29. The third-order valence-electron chi connectivity index (χ3n) is 3.40. The molecule has 0 fully saturated rings. The first kappa shape index (κ1) is 13.2. The Morgan fingerprint density at radius 2 is 1.75 bits per heavy atom. The number of hydrogen-bond acceptors (Lipinski definition) is 2. The monoisotopic (exact) mass is 285 g/mol. The van der Waals surface area contributed by atoms with Gasteiger partial charge in [0.25, 0.3) is 0 Å². The Balaban J connectivity index is 1.81. The maximum Gasteiger partial charge on any atom is 0.118 e. The zero-order valence-corrected chi connectivity index (χ0v) is 12.0. The van der Waals surface area contributed by atoms with Gasteiger partial charge in [-0.25, -0.2) is 0 Å². The molecular weight excluding hydrogens is 270 g/mol. The van der Waals surface area contributed by atoms with Gasteiger partial charge in [0.1, 0.15) is 5.60 Å². The molecule has 0 aliphatic carbocycles. The van der Waals surface area contributed by atoms with Gasteiger partial charge >= 0.3 is 0 Å². The van der Waals surface area contributed by atoms with Crippen molar-refractivity contribution >= 4 is 17.3 Å². The Morgan fingerprint density at radius 3 is 2.45 bits per heavy atom. The summed E-state index contributed by atoms with van der Waals surface area (Å²) < 4.78 is 0. The quantitative estimate of drug-likeness (QED) is 0.912. The zero-order chi connectivity index (χ0) is 14.0. The Morgan fingerprint density at radius 1 is 1.05 bits per heavy atom. The van der Waals surface area contributed by atoms with Crippen molar-refractivity contribution < 1.29 is 4.84 Å². The van der Waals surface area contributed by atoms with Gasteiger partial charge in [0.05, 0.1) is 5.70 Å². The summed E-state index contributed by atoms with van der Waals surface area (Å²) in [5.41, 5.74) is 6.00. The maximum atomic E-state index is 5.91. The first-order chi connectivity index (χ1) is 9.65. The average molecular weight is 286 g/mol. The van der Waals surface area contributed by atoms with Crippen molar-refractivity contribution in [2.45, 2.75) is 18.9 Å². The summed E-state index contributed by atoms with van der Waals surface area (Å²) in [5, 5.41) is 0.736. The molecule has 2 aromatic carbocycles. The molecule has 1 atom stereocenters. The van der Waals surface area contributed by atoms with E-state index in [1.54, 1.807) is 0 Å². The van der Waals surface area contributed by atoms with E-state index in [1.165, 1.54) is 5.56 Å². The van der Waals surface area contributed by atoms with E-state index in [0.717, 1.165) is 22.7 Å². The summed E-state index contributed by atoms with van der Waals surface area (Å²) in [6.07, 6.45) is 2.96. The van der Waals surface area contributed by atoms with E-state index >= 15 is 0 Å². The molecule has 3 heteroatoms. The minimum absolute atomic E-state index is 0.337.